The van der Waals surface area contributed by atoms with Crippen LogP contribution in [0.3, 0.4) is 0 Å². The molecule has 1 aliphatic heterocycles. The lowest BCUT2D eigenvalue weighted by Crippen LogP contribution is -2.39. The Hall–Kier alpha value is -2.38. The van der Waals surface area contributed by atoms with Crippen LogP contribution in [0, 0.1) is 0 Å². The van der Waals surface area contributed by atoms with Gasteiger partial charge in [0.05, 0.1) is 25.4 Å². The van der Waals surface area contributed by atoms with Gasteiger partial charge in [0.15, 0.2) is 0 Å². The van der Waals surface area contributed by atoms with Gasteiger partial charge in [-0.2, -0.15) is 0 Å². The third-order valence-corrected chi connectivity index (χ3v) is 4.79. The van der Waals surface area contributed by atoms with E-state index >= 15 is 0 Å². The van der Waals surface area contributed by atoms with Crippen molar-refractivity contribution < 1.29 is 14.4 Å². The summed E-state index contributed by atoms with van der Waals surface area (Å²) < 4.78 is 5.12. The van der Waals surface area contributed by atoms with Crippen LogP contribution in [0.4, 0.5) is 0 Å². The highest BCUT2D eigenvalue weighted by Gasteiger charge is 2.26. The lowest BCUT2D eigenvalue weighted by atomic mass is 10.2. The van der Waals surface area contributed by atoms with E-state index < -0.39 is 0 Å². The summed E-state index contributed by atoms with van der Waals surface area (Å²) in [6.45, 7) is 1.53. The zero-order valence-corrected chi connectivity index (χ0v) is 14.8. The van der Waals surface area contributed by atoms with Crippen LogP contribution >= 0.6 is 11.3 Å². The summed E-state index contributed by atoms with van der Waals surface area (Å²) >= 11 is 1.63. The Morgan fingerprint density at radius 3 is 2.92 bits per heavy atom. The van der Waals surface area contributed by atoms with E-state index in [1.165, 1.54) is 0 Å². The number of oxime groups is 1. The quantitative estimate of drug-likeness (QED) is 0.744. The van der Waals surface area contributed by atoms with E-state index in [1.54, 1.807) is 18.4 Å². The SMILES string of the molecule is COc1ccc(CON=C2CNC(C(=O)NCc3cccs3)C2)cc1. The predicted molar refractivity (Wildman–Crippen MR) is 97.8 cm³/mol. The molecule has 1 saturated heterocycles. The predicted octanol–water partition coefficient (Wildman–Crippen LogP) is 2.31. The van der Waals surface area contributed by atoms with Gasteiger partial charge in [0.1, 0.15) is 12.4 Å². The van der Waals surface area contributed by atoms with Crippen molar-refractivity contribution in [1.29, 1.82) is 0 Å². The van der Waals surface area contributed by atoms with Crippen LogP contribution in [0.5, 0.6) is 5.75 Å². The number of carbonyl (C=O) groups is 1. The fourth-order valence-corrected chi connectivity index (χ4v) is 3.15. The van der Waals surface area contributed by atoms with Crippen LogP contribution in [0.1, 0.15) is 16.9 Å². The average molecular weight is 359 g/mol. The van der Waals surface area contributed by atoms with E-state index in [9.17, 15) is 4.79 Å². The van der Waals surface area contributed by atoms with E-state index in [4.69, 9.17) is 9.57 Å². The molecule has 6 nitrogen and oxygen atoms in total. The van der Waals surface area contributed by atoms with Crippen LogP contribution < -0.4 is 15.4 Å². The van der Waals surface area contributed by atoms with Crippen molar-refractivity contribution in [2.45, 2.75) is 25.6 Å². The molecule has 0 saturated carbocycles. The topological polar surface area (TPSA) is 72.0 Å². The fraction of sp³-hybridized carbons (Fsp3) is 0.333. The summed E-state index contributed by atoms with van der Waals surface area (Å²) in [6, 6.07) is 11.4. The van der Waals surface area contributed by atoms with Gasteiger partial charge in [0, 0.05) is 17.8 Å². The maximum atomic E-state index is 12.2. The molecular formula is C18H21N3O3S. The van der Waals surface area contributed by atoms with Crippen LogP contribution in [0.2, 0.25) is 0 Å². The number of amides is 1. The maximum absolute atomic E-state index is 12.2. The van der Waals surface area contributed by atoms with Crippen molar-refractivity contribution >= 4 is 23.0 Å². The molecule has 3 rings (SSSR count). The molecule has 0 bridgehead atoms. The standard InChI is InChI=1S/C18H21N3O3S/c1-23-15-6-4-13(5-7-15)12-24-21-14-9-17(19-10-14)18(22)20-11-16-3-2-8-25-16/h2-8,17,19H,9-12H2,1H3,(H,20,22). The van der Waals surface area contributed by atoms with Crippen LogP contribution in [0.25, 0.3) is 0 Å². The van der Waals surface area contributed by atoms with Crippen molar-refractivity contribution in [3.05, 3.63) is 52.2 Å². The summed E-state index contributed by atoms with van der Waals surface area (Å²) in [5, 5.41) is 12.3. The Balaban J connectivity index is 1.41. The Morgan fingerprint density at radius 2 is 2.20 bits per heavy atom. The number of ether oxygens (including phenoxy) is 1. The molecule has 0 spiro atoms. The Morgan fingerprint density at radius 1 is 1.36 bits per heavy atom. The molecule has 1 aliphatic rings. The molecule has 0 radical (unpaired) electrons. The highest BCUT2D eigenvalue weighted by molar-refractivity contribution is 7.09. The number of carbonyl (C=O) groups excluding carboxylic acids is 1. The third-order valence-electron chi connectivity index (χ3n) is 3.91. The van der Waals surface area contributed by atoms with Gasteiger partial charge in [0.25, 0.3) is 0 Å². The molecule has 7 heteroatoms. The monoisotopic (exact) mass is 359 g/mol. The second kappa shape index (κ2) is 8.64. The smallest absolute Gasteiger partial charge is 0.237 e. The van der Waals surface area contributed by atoms with E-state index in [1.807, 2.05) is 41.8 Å². The summed E-state index contributed by atoms with van der Waals surface area (Å²) in [6.07, 6.45) is 0.568. The first kappa shape index (κ1) is 17.4. The maximum Gasteiger partial charge on any atom is 0.237 e. The van der Waals surface area contributed by atoms with Crippen LogP contribution in [-0.2, 0) is 22.8 Å². The van der Waals surface area contributed by atoms with Gasteiger partial charge in [-0.3, -0.25) is 4.79 Å². The minimum atomic E-state index is -0.247. The Bertz CT molecular complexity index is 714. The number of methoxy groups -OCH3 is 1. The normalized spacial score (nSPS) is 18.3. The fourth-order valence-electron chi connectivity index (χ4n) is 2.51. The van der Waals surface area contributed by atoms with Gasteiger partial charge in [-0.25, -0.2) is 0 Å². The van der Waals surface area contributed by atoms with Crippen molar-refractivity contribution in [3.63, 3.8) is 0 Å². The van der Waals surface area contributed by atoms with Gasteiger partial charge < -0.3 is 20.2 Å². The lowest BCUT2D eigenvalue weighted by Gasteiger charge is -2.09. The molecule has 1 aromatic heterocycles. The van der Waals surface area contributed by atoms with E-state index in [0.717, 1.165) is 21.9 Å². The zero-order valence-electron chi connectivity index (χ0n) is 14.0. The van der Waals surface area contributed by atoms with Gasteiger partial charge >= 0.3 is 0 Å². The summed E-state index contributed by atoms with van der Waals surface area (Å²) in [4.78, 5) is 18.7. The second-order valence-corrected chi connectivity index (χ2v) is 6.75. The van der Waals surface area contributed by atoms with Crippen molar-refractivity contribution in [2.24, 2.45) is 5.16 Å². The van der Waals surface area contributed by atoms with E-state index in [2.05, 4.69) is 15.8 Å². The third kappa shape index (κ3) is 5.04. The minimum absolute atomic E-state index is 0.00578. The highest BCUT2D eigenvalue weighted by Crippen LogP contribution is 2.13. The summed E-state index contributed by atoms with van der Waals surface area (Å²) in [5.41, 5.74) is 1.87. The number of thiophene rings is 1. The average Bonchev–Trinajstić information content (AvgIpc) is 3.32. The van der Waals surface area contributed by atoms with Crippen molar-refractivity contribution in [1.82, 2.24) is 10.6 Å². The van der Waals surface area contributed by atoms with Gasteiger partial charge in [-0.1, -0.05) is 23.4 Å². The van der Waals surface area contributed by atoms with E-state index in [0.29, 0.717) is 26.1 Å². The second-order valence-electron chi connectivity index (χ2n) is 5.71. The number of hydrogen-bond acceptors (Lipinski definition) is 6. The molecule has 2 heterocycles. The number of nitrogens with one attached hydrogen (secondary N) is 2. The largest absolute Gasteiger partial charge is 0.497 e. The first-order valence-electron chi connectivity index (χ1n) is 8.08. The number of benzene rings is 1. The molecular weight excluding hydrogens is 338 g/mol. The number of hydrogen-bond donors (Lipinski definition) is 2. The first-order chi connectivity index (χ1) is 12.2. The van der Waals surface area contributed by atoms with Gasteiger partial charge in [0.2, 0.25) is 5.91 Å². The molecule has 0 aliphatic carbocycles. The number of nitrogens with zero attached hydrogens (tertiary/aromatic N) is 1. The minimum Gasteiger partial charge on any atom is -0.497 e. The highest BCUT2D eigenvalue weighted by atomic mass is 32.1. The molecule has 2 aromatic rings. The lowest BCUT2D eigenvalue weighted by molar-refractivity contribution is -0.122. The van der Waals surface area contributed by atoms with E-state index in [-0.39, 0.29) is 11.9 Å². The molecule has 25 heavy (non-hydrogen) atoms. The van der Waals surface area contributed by atoms with Crippen LogP contribution in [0.15, 0.2) is 46.9 Å². The van der Waals surface area contributed by atoms with Gasteiger partial charge in [-0.05, 0) is 29.1 Å². The van der Waals surface area contributed by atoms with Crippen LogP contribution in [-0.4, -0.2) is 31.3 Å². The van der Waals surface area contributed by atoms with Crippen molar-refractivity contribution in [2.75, 3.05) is 13.7 Å². The first-order valence-corrected chi connectivity index (χ1v) is 8.96. The molecule has 1 atom stereocenters. The molecule has 1 amide bonds. The summed E-state index contributed by atoms with van der Waals surface area (Å²) in [7, 11) is 1.64. The molecule has 1 aromatic carbocycles. The molecule has 1 fully saturated rings. The number of rotatable bonds is 7. The Labute approximate surface area is 150 Å². The Kier molecular flexibility index (Phi) is 6.03. The van der Waals surface area contributed by atoms with Gasteiger partial charge in [-0.15, -0.1) is 11.3 Å². The molecule has 1 unspecified atom stereocenters. The molecule has 132 valence electrons. The zero-order chi connectivity index (χ0) is 17.5. The molecule has 2 N–H and O–H groups in total. The summed E-state index contributed by atoms with van der Waals surface area (Å²) in [5.74, 6) is 0.806. The van der Waals surface area contributed by atoms with Crippen molar-refractivity contribution in [3.8, 4) is 5.75 Å².